The maximum atomic E-state index is 11.4. The summed E-state index contributed by atoms with van der Waals surface area (Å²) in [6.07, 6.45) is 4.24. The predicted molar refractivity (Wildman–Crippen MR) is 88.8 cm³/mol. The van der Waals surface area contributed by atoms with Crippen molar-refractivity contribution in [3.63, 3.8) is 0 Å². The van der Waals surface area contributed by atoms with Crippen LogP contribution in [0.5, 0.6) is 0 Å². The number of aromatic carboxylic acids is 1. The van der Waals surface area contributed by atoms with Gasteiger partial charge in [-0.2, -0.15) is 0 Å². The largest absolute Gasteiger partial charge is 0.478 e. The molecular formula is C18H27NO3. The molecule has 0 radical (unpaired) electrons. The van der Waals surface area contributed by atoms with Crippen LogP contribution in [0.15, 0.2) is 18.2 Å². The number of hydrogen-bond acceptors (Lipinski definition) is 3. The average Bonchev–Trinajstić information content (AvgIpc) is 2.51. The zero-order chi connectivity index (χ0) is 16.3. The molecule has 0 unspecified atom stereocenters. The summed E-state index contributed by atoms with van der Waals surface area (Å²) in [4.78, 5) is 13.7. The molecule has 1 saturated carbocycles. The number of carboxylic acids is 1. The van der Waals surface area contributed by atoms with E-state index in [0.717, 1.165) is 43.5 Å². The molecule has 1 fully saturated rings. The molecule has 1 aliphatic rings. The normalized spacial score (nSPS) is 25.0. The van der Waals surface area contributed by atoms with Crippen molar-refractivity contribution in [3.05, 3.63) is 29.3 Å². The summed E-state index contributed by atoms with van der Waals surface area (Å²) >= 11 is 0. The van der Waals surface area contributed by atoms with Gasteiger partial charge in [0, 0.05) is 25.4 Å². The molecule has 0 amide bonds. The van der Waals surface area contributed by atoms with E-state index >= 15 is 0 Å². The fourth-order valence-corrected chi connectivity index (χ4v) is 3.52. The van der Waals surface area contributed by atoms with E-state index in [1.165, 1.54) is 0 Å². The van der Waals surface area contributed by atoms with E-state index in [1.54, 1.807) is 13.2 Å². The van der Waals surface area contributed by atoms with E-state index in [2.05, 4.69) is 18.7 Å². The van der Waals surface area contributed by atoms with Gasteiger partial charge in [-0.05, 0) is 64.2 Å². The smallest absolute Gasteiger partial charge is 0.336 e. The van der Waals surface area contributed by atoms with Crippen LogP contribution in [0.3, 0.4) is 0 Å². The van der Waals surface area contributed by atoms with Crippen LogP contribution >= 0.6 is 0 Å². The molecule has 0 aromatic heterocycles. The van der Waals surface area contributed by atoms with Crippen molar-refractivity contribution in [2.24, 2.45) is 0 Å². The van der Waals surface area contributed by atoms with Gasteiger partial charge in [0.15, 0.2) is 0 Å². The summed E-state index contributed by atoms with van der Waals surface area (Å²) in [5.74, 6) is -0.856. The molecule has 0 aliphatic heterocycles. The highest BCUT2D eigenvalue weighted by Crippen LogP contribution is 2.36. The summed E-state index contributed by atoms with van der Waals surface area (Å²) in [5, 5.41) is 9.32. The molecule has 0 atom stereocenters. The number of benzene rings is 1. The van der Waals surface area contributed by atoms with E-state index in [4.69, 9.17) is 4.74 Å². The fourth-order valence-electron chi connectivity index (χ4n) is 3.52. The van der Waals surface area contributed by atoms with Crippen molar-refractivity contribution < 1.29 is 14.6 Å². The molecule has 1 aromatic rings. The molecular weight excluding hydrogens is 278 g/mol. The lowest BCUT2D eigenvalue weighted by molar-refractivity contribution is -0.0270. The summed E-state index contributed by atoms with van der Waals surface area (Å²) in [5.41, 5.74) is 2.30. The number of anilines is 1. The Morgan fingerprint density at radius 3 is 2.55 bits per heavy atom. The lowest BCUT2D eigenvalue weighted by atomic mass is 9.82. The second kappa shape index (κ2) is 6.69. The number of ether oxygens (including phenoxy) is 1. The van der Waals surface area contributed by atoms with E-state index < -0.39 is 5.97 Å². The van der Waals surface area contributed by atoms with E-state index in [9.17, 15) is 9.90 Å². The van der Waals surface area contributed by atoms with Gasteiger partial charge in [-0.3, -0.25) is 0 Å². The van der Waals surface area contributed by atoms with Gasteiger partial charge in [0.25, 0.3) is 0 Å². The van der Waals surface area contributed by atoms with Crippen LogP contribution in [0.2, 0.25) is 0 Å². The molecule has 22 heavy (non-hydrogen) atoms. The lowest BCUT2D eigenvalue weighted by Gasteiger charge is -2.42. The minimum absolute atomic E-state index is 0.00608. The summed E-state index contributed by atoms with van der Waals surface area (Å²) < 4.78 is 5.62. The standard InChI is InChI=1S/C18H27NO3/c1-5-19(14-9-11-18(3,22-4)12-10-14)16-8-6-7-15(13(16)2)17(20)21/h6-8,14H,5,9-12H2,1-4H3,(H,20,21). The maximum absolute atomic E-state index is 11.4. The Morgan fingerprint density at radius 1 is 1.41 bits per heavy atom. The number of hydrogen-bond donors (Lipinski definition) is 1. The molecule has 2 rings (SSSR count). The van der Waals surface area contributed by atoms with Crippen LogP contribution in [0.1, 0.15) is 55.5 Å². The van der Waals surface area contributed by atoms with Gasteiger partial charge in [0.1, 0.15) is 0 Å². The van der Waals surface area contributed by atoms with E-state index in [1.807, 2.05) is 19.1 Å². The third kappa shape index (κ3) is 3.27. The number of rotatable bonds is 5. The zero-order valence-corrected chi connectivity index (χ0v) is 14.1. The third-order valence-corrected chi connectivity index (χ3v) is 5.13. The fraction of sp³-hybridized carbons (Fsp3) is 0.611. The topological polar surface area (TPSA) is 49.8 Å². The maximum Gasteiger partial charge on any atom is 0.336 e. The number of carboxylic acid groups (broad SMARTS) is 1. The molecule has 122 valence electrons. The quantitative estimate of drug-likeness (QED) is 0.897. The highest BCUT2D eigenvalue weighted by molar-refractivity contribution is 5.91. The lowest BCUT2D eigenvalue weighted by Crippen LogP contribution is -2.43. The summed E-state index contributed by atoms with van der Waals surface area (Å²) in [6, 6.07) is 6.01. The van der Waals surface area contributed by atoms with Gasteiger partial charge in [-0.15, -0.1) is 0 Å². The minimum atomic E-state index is -0.856. The predicted octanol–water partition coefficient (Wildman–Crippen LogP) is 3.87. The Morgan fingerprint density at radius 2 is 2.05 bits per heavy atom. The van der Waals surface area contributed by atoms with Crippen molar-refractivity contribution in [1.82, 2.24) is 0 Å². The first-order chi connectivity index (χ1) is 10.4. The van der Waals surface area contributed by atoms with Crippen molar-refractivity contribution in [2.75, 3.05) is 18.6 Å². The van der Waals surface area contributed by atoms with Crippen molar-refractivity contribution in [3.8, 4) is 0 Å². The third-order valence-electron chi connectivity index (χ3n) is 5.13. The van der Waals surface area contributed by atoms with Crippen LogP contribution < -0.4 is 4.90 Å². The molecule has 1 aliphatic carbocycles. The van der Waals surface area contributed by atoms with Gasteiger partial charge in [0.2, 0.25) is 0 Å². The van der Waals surface area contributed by atoms with Crippen LogP contribution in [0, 0.1) is 6.92 Å². The zero-order valence-electron chi connectivity index (χ0n) is 14.1. The van der Waals surface area contributed by atoms with Gasteiger partial charge in [0.05, 0.1) is 11.2 Å². The monoisotopic (exact) mass is 305 g/mol. The Balaban J connectivity index is 2.23. The Kier molecular flexibility index (Phi) is 5.12. The van der Waals surface area contributed by atoms with Gasteiger partial charge in [-0.25, -0.2) is 4.79 Å². The number of carbonyl (C=O) groups is 1. The van der Waals surface area contributed by atoms with Crippen LogP contribution in [0.25, 0.3) is 0 Å². The van der Waals surface area contributed by atoms with Gasteiger partial charge >= 0.3 is 5.97 Å². The molecule has 0 heterocycles. The number of nitrogens with zero attached hydrogens (tertiary/aromatic N) is 1. The molecule has 0 saturated heterocycles. The first-order valence-corrected chi connectivity index (χ1v) is 8.06. The Hall–Kier alpha value is -1.55. The van der Waals surface area contributed by atoms with Crippen molar-refractivity contribution in [1.29, 1.82) is 0 Å². The van der Waals surface area contributed by atoms with Crippen LogP contribution in [-0.2, 0) is 4.74 Å². The van der Waals surface area contributed by atoms with E-state index in [0.29, 0.717) is 11.6 Å². The molecule has 4 nitrogen and oxygen atoms in total. The van der Waals surface area contributed by atoms with Gasteiger partial charge in [-0.1, -0.05) is 6.07 Å². The van der Waals surface area contributed by atoms with E-state index in [-0.39, 0.29) is 5.60 Å². The first-order valence-electron chi connectivity index (χ1n) is 8.06. The minimum Gasteiger partial charge on any atom is -0.478 e. The highest BCUT2D eigenvalue weighted by atomic mass is 16.5. The summed E-state index contributed by atoms with van der Waals surface area (Å²) in [6.45, 7) is 7.11. The summed E-state index contributed by atoms with van der Waals surface area (Å²) in [7, 11) is 1.79. The first kappa shape index (κ1) is 16.8. The Bertz CT molecular complexity index is 533. The molecule has 1 aromatic carbocycles. The SMILES string of the molecule is CCN(c1cccc(C(=O)O)c1C)C1CCC(C)(OC)CC1. The second-order valence-electron chi connectivity index (χ2n) is 6.43. The van der Waals surface area contributed by atoms with Crippen LogP contribution in [0.4, 0.5) is 5.69 Å². The Labute approximate surface area is 133 Å². The van der Waals surface area contributed by atoms with Crippen LogP contribution in [-0.4, -0.2) is 36.4 Å². The van der Waals surface area contributed by atoms with Gasteiger partial charge < -0.3 is 14.7 Å². The molecule has 4 heteroatoms. The highest BCUT2D eigenvalue weighted by Gasteiger charge is 2.33. The van der Waals surface area contributed by atoms with Crippen molar-refractivity contribution in [2.45, 2.75) is 58.1 Å². The second-order valence-corrected chi connectivity index (χ2v) is 6.43. The molecule has 0 spiro atoms. The average molecular weight is 305 g/mol. The number of methoxy groups -OCH3 is 1. The molecule has 0 bridgehead atoms. The van der Waals surface area contributed by atoms with Crippen molar-refractivity contribution >= 4 is 11.7 Å². The molecule has 1 N–H and O–H groups in total.